The zero-order valence-corrected chi connectivity index (χ0v) is 12.0. The Morgan fingerprint density at radius 1 is 1.40 bits per heavy atom. The Morgan fingerprint density at radius 2 is 2.20 bits per heavy atom. The molecule has 0 amide bonds. The van der Waals surface area contributed by atoms with Crippen LogP contribution >= 0.6 is 11.3 Å². The highest BCUT2D eigenvalue weighted by molar-refractivity contribution is 7.20. The second-order valence-corrected chi connectivity index (χ2v) is 5.25. The summed E-state index contributed by atoms with van der Waals surface area (Å²) in [6.45, 7) is 3.97. The summed E-state index contributed by atoms with van der Waals surface area (Å²) in [4.78, 5) is 16.3. The second kappa shape index (κ2) is 5.05. The minimum absolute atomic E-state index is 0.350. The lowest BCUT2D eigenvalue weighted by Crippen LogP contribution is -2.06. The lowest BCUT2D eigenvalue weighted by Gasteiger charge is -2.01. The Labute approximate surface area is 119 Å². The van der Waals surface area contributed by atoms with Crippen molar-refractivity contribution in [3.05, 3.63) is 41.7 Å². The van der Waals surface area contributed by atoms with E-state index in [1.165, 1.54) is 6.20 Å². The van der Waals surface area contributed by atoms with Gasteiger partial charge in [-0.1, -0.05) is 23.5 Å². The third kappa shape index (κ3) is 2.08. The predicted molar refractivity (Wildman–Crippen MR) is 77.4 cm³/mol. The van der Waals surface area contributed by atoms with Crippen molar-refractivity contribution in [2.75, 3.05) is 6.61 Å². The van der Waals surface area contributed by atoms with Gasteiger partial charge in [-0.3, -0.25) is 0 Å². The fourth-order valence-electron chi connectivity index (χ4n) is 1.96. The molecular formula is C14H13N3O2S. The van der Waals surface area contributed by atoms with Crippen LogP contribution in [0.15, 0.2) is 30.5 Å². The average Bonchev–Trinajstić information content (AvgIpc) is 3.01. The molecule has 102 valence electrons. The number of benzene rings is 1. The van der Waals surface area contributed by atoms with Crippen LogP contribution in [0.1, 0.15) is 23.0 Å². The van der Waals surface area contributed by atoms with E-state index in [0.717, 1.165) is 21.0 Å². The highest BCUT2D eigenvalue weighted by Crippen LogP contribution is 2.25. The summed E-state index contributed by atoms with van der Waals surface area (Å²) in [6, 6.07) is 7.90. The minimum Gasteiger partial charge on any atom is -0.462 e. The number of hydrogen-bond donors (Lipinski definition) is 0. The van der Waals surface area contributed by atoms with E-state index in [2.05, 4.69) is 10.1 Å². The molecule has 1 aromatic carbocycles. The van der Waals surface area contributed by atoms with Gasteiger partial charge in [0.15, 0.2) is 0 Å². The number of hydrogen-bond acceptors (Lipinski definition) is 5. The number of ether oxygens (including phenoxy) is 1. The van der Waals surface area contributed by atoms with Gasteiger partial charge >= 0.3 is 5.97 Å². The Hall–Kier alpha value is -2.21. The van der Waals surface area contributed by atoms with Gasteiger partial charge in [0.25, 0.3) is 0 Å². The monoisotopic (exact) mass is 287 g/mol. The molecule has 0 spiro atoms. The zero-order chi connectivity index (χ0) is 14.1. The van der Waals surface area contributed by atoms with E-state index in [1.807, 2.05) is 31.2 Å². The maximum absolute atomic E-state index is 11.8. The van der Waals surface area contributed by atoms with Crippen LogP contribution in [0.3, 0.4) is 0 Å². The molecule has 0 saturated heterocycles. The molecule has 5 nitrogen and oxygen atoms in total. The van der Waals surface area contributed by atoms with Crippen molar-refractivity contribution in [2.24, 2.45) is 0 Å². The fourth-order valence-corrected chi connectivity index (χ4v) is 2.94. The SMILES string of the molecule is CCOC(=O)c1cnn(-c2nc3ccccc3s2)c1C. The summed E-state index contributed by atoms with van der Waals surface area (Å²) in [7, 11) is 0. The molecule has 3 aromatic rings. The van der Waals surface area contributed by atoms with Gasteiger partial charge < -0.3 is 4.74 Å². The molecule has 0 aliphatic carbocycles. The van der Waals surface area contributed by atoms with Crippen LogP contribution in [0, 0.1) is 6.92 Å². The predicted octanol–water partition coefficient (Wildman–Crippen LogP) is 2.97. The first-order valence-electron chi connectivity index (χ1n) is 6.28. The Morgan fingerprint density at radius 3 is 2.95 bits per heavy atom. The fraction of sp³-hybridized carbons (Fsp3) is 0.214. The smallest absolute Gasteiger partial charge is 0.341 e. The van der Waals surface area contributed by atoms with Crippen LogP contribution in [-0.2, 0) is 4.74 Å². The lowest BCUT2D eigenvalue weighted by molar-refractivity contribution is 0.0525. The molecule has 0 unspecified atom stereocenters. The molecule has 0 fully saturated rings. The molecule has 2 aromatic heterocycles. The quantitative estimate of drug-likeness (QED) is 0.695. The highest BCUT2D eigenvalue weighted by atomic mass is 32.1. The molecule has 0 aliphatic heterocycles. The van der Waals surface area contributed by atoms with E-state index in [0.29, 0.717) is 12.2 Å². The van der Waals surface area contributed by atoms with E-state index in [9.17, 15) is 4.79 Å². The van der Waals surface area contributed by atoms with Crippen LogP contribution in [0.5, 0.6) is 0 Å². The number of fused-ring (bicyclic) bond motifs is 1. The summed E-state index contributed by atoms with van der Waals surface area (Å²) < 4.78 is 7.78. The molecule has 6 heteroatoms. The lowest BCUT2D eigenvalue weighted by atomic mass is 10.3. The molecule has 0 N–H and O–H groups in total. The van der Waals surface area contributed by atoms with Crippen LogP contribution < -0.4 is 0 Å². The van der Waals surface area contributed by atoms with Crippen LogP contribution in [0.2, 0.25) is 0 Å². The summed E-state index contributed by atoms with van der Waals surface area (Å²) >= 11 is 1.54. The molecule has 0 bridgehead atoms. The number of esters is 1. The van der Waals surface area contributed by atoms with E-state index in [1.54, 1.807) is 22.9 Å². The zero-order valence-electron chi connectivity index (χ0n) is 11.2. The van der Waals surface area contributed by atoms with Gasteiger partial charge in [0.2, 0.25) is 5.13 Å². The van der Waals surface area contributed by atoms with Crippen LogP contribution in [0.25, 0.3) is 15.3 Å². The van der Waals surface area contributed by atoms with Crippen molar-refractivity contribution in [3.8, 4) is 5.13 Å². The standard InChI is InChI=1S/C14H13N3O2S/c1-3-19-13(18)10-8-15-17(9(10)2)14-16-11-6-4-5-7-12(11)20-14/h4-8H,3H2,1-2H3. The second-order valence-electron chi connectivity index (χ2n) is 4.24. The average molecular weight is 287 g/mol. The van der Waals surface area contributed by atoms with Gasteiger partial charge in [0.1, 0.15) is 5.56 Å². The first kappa shape index (κ1) is 12.8. The number of carbonyl (C=O) groups is 1. The van der Waals surface area contributed by atoms with Crippen molar-refractivity contribution < 1.29 is 9.53 Å². The molecule has 0 aliphatic rings. The molecular weight excluding hydrogens is 274 g/mol. The van der Waals surface area contributed by atoms with Gasteiger partial charge in [-0.05, 0) is 26.0 Å². The molecule has 3 rings (SSSR count). The number of rotatable bonds is 3. The number of carbonyl (C=O) groups excluding carboxylic acids is 1. The number of nitrogens with zero attached hydrogens (tertiary/aromatic N) is 3. The topological polar surface area (TPSA) is 57.0 Å². The largest absolute Gasteiger partial charge is 0.462 e. The molecule has 20 heavy (non-hydrogen) atoms. The third-order valence-corrected chi connectivity index (χ3v) is 3.98. The van der Waals surface area contributed by atoms with Crippen LogP contribution in [0.4, 0.5) is 0 Å². The minimum atomic E-state index is -0.350. The van der Waals surface area contributed by atoms with Gasteiger partial charge in [0, 0.05) is 0 Å². The first-order chi connectivity index (χ1) is 9.70. The number of aromatic nitrogens is 3. The Balaban J connectivity index is 2.04. The maximum Gasteiger partial charge on any atom is 0.341 e. The van der Waals surface area contributed by atoms with Gasteiger partial charge in [0.05, 0.1) is 28.7 Å². The molecule has 2 heterocycles. The van der Waals surface area contributed by atoms with E-state index < -0.39 is 0 Å². The Bertz CT molecular complexity index is 743. The summed E-state index contributed by atoms with van der Waals surface area (Å²) in [5.74, 6) is -0.350. The molecule has 0 atom stereocenters. The van der Waals surface area contributed by atoms with Gasteiger partial charge in [-0.25, -0.2) is 14.5 Å². The normalized spacial score (nSPS) is 10.9. The summed E-state index contributed by atoms with van der Waals surface area (Å²) in [5.41, 5.74) is 2.15. The highest BCUT2D eigenvalue weighted by Gasteiger charge is 2.17. The van der Waals surface area contributed by atoms with E-state index >= 15 is 0 Å². The van der Waals surface area contributed by atoms with Gasteiger partial charge in [-0.2, -0.15) is 5.10 Å². The van der Waals surface area contributed by atoms with E-state index in [-0.39, 0.29) is 5.97 Å². The maximum atomic E-state index is 11.8. The van der Waals surface area contributed by atoms with Crippen molar-refractivity contribution in [1.82, 2.24) is 14.8 Å². The van der Waals surface area contributed by atoms with Gasteiger partial charge in [-0.15, -0.1) is 0 Å². The van der Waals surface area contributed by atoms with Crippen molar-refractivity contribution in [1.29, 1.82) is 0 Å². The molecule has 0 saturated carbocycles. The van der Waals surface area contributed by atoms with Crippen molar-refractivity contribution >= 4 is 27.5 Å². The Kier molecular flexibility index (Phi) is 3.23. The van der Waals surface area contributed by atoms with Crippen molar-refractivity contribution in [3.63, 3.8) is 0 Å². The number of thiazole rings is 1. The van der Waals surface area contributed by atoms with Crippen molar-refractivity contribution in [2.45, 2.75) is 13.8 Å². The first-order valence-corrected chi connectivity index (χ1v) is 7.10. The van der Waals surface area contributed by atoms with Crippen LogP contribution in [-0.4, -0.2) is 27.3 Å². The molecule has 0 radical (unpaired) electrons. The summed E-state index contributed by atoms with van der Waals surface area (Å²) in [6.07, 6.45) is 1.53. The third-order valence-electron chi connectivity index (χ3n) is 2.97. The van der Waals surface area contributed by atoms with E-state index in [4.69, 9.17) is 4.74 Å². The number of para-hydroxylation sites is 1. The summed E-state index contributed by atoms with van der Waals surface area (Å²) in [5, 5.41) is 5.00.